The molecule has 1 aromatic heterocycles. The summed E-state index contributed by atoms with van der Waals surface area (Å²) >= 11 is 0. The normalized spacial score (nSPS) is 16.6. The maximum absolute atomic E-state index is 11.2. The van der Waals surface area contributed by atoms with Crippen LogP contribution in [0.5, 0.6) is 0 Å². The van der Waals surface area contributed by atoms with Crippen molar-refractivity contribution in [2.45, 2.75) is 39.5 Å². The van der Waals surface area contributed by atoms with Crippen LogP contribution in [0.3, 0.4) is 0 Å². The minimum Gasteiger partial charge on any atom is -0.369 e. The average Bonchev–Trinajstić information content (AvgIpc) is 2.38. The quantitative estimate of drug-likeness (QED) is 0.891. The highest BCUT2D eigenvalue weighted by atomic mass is 16.1. The van der Waals surface area contributed by atoms with Crippen molar-refractivity contribution in [1.82, 2.24) is 9.97 Å². The van der Waals surface area contributed by atoms with Gasteiger partial charge >= 0.3 is 0 Å². The van der Waals surface area contributed by atoms with Crippen molar-refractivity contribution >= 4 is 11.7 Å². The molecule has 2 rings (SSSR count). The molecular formula is C14H22N4O. The van der Waals surface area contributed by atoms with Gasteiger partial charge in [0.2, 0.25) is 5.91 Å². The number of hydrogen-bond donors (Lipinski definition) is 1. The zero-order chi connectivity index (χ0) is 13.8. The topological polar surface area (TPSA) is 72.1 Å². The van der Waals surface area contributed by atoms with Crippen molar-refractivity contribution in [3.8, 4) is 0 Å². The van der Waals surface area contributed by atoms with E-state index in [1.807, 2.05) is 13.0 Å². The molecule has 0 aromatic carbocycles. The Morgan fingerprint density at radius 2 is 2.11 bits per heavy atom. The van der Waals surface area contributed by atoms with E-state index >= 15 is 0 Å². The van der Waals surface area contributed by atoms with Gasteiger partial charge in [-0.3, -0.25) is 4.79 Å². The molecule has 2 heterocycles. The predicted molar refractivity (Wildman–Crippen MR) is 74.9 cm³/mol. The van der Waals surface area contributed by atoms with Crippen LogP contribution in [-0.2, 0) is 11.2 Å². The Balaban J connectivity index is 2.08. The summed E-state index contributed by atoms with van der Waals surface area (Å²) < 4.78 is 0. The van der Waals surface area contributed by atoms with E-state index in [2.05, 4.69) is 21.8 Å². The molecule has 104 valence electrons. The van der Waals surface area contributed by atoms with Gasteiger partial charge in [0.05, 0.1) is 0 Å². The van der Waals surface area contributed by atoms with E-state index in [9.17, 15) is 4.79 Å². The molecule has 2 N–H and O–H groups in total. The van der Waals surface area contributed by atoms with Gasteiger partial charge in [-0.15, -0.1) is 0 Å². The number of aromatic nitrogens is 2. The Morgan fingerprint density at radius 1 is 1.42 bits per heavy atom. The van der Waals surface area contributed by atoms with Crippen molar-refractivity contribution < 1.29 is 4.79 Å². The molecule has 0 aliphatic carbocycles. The molecule has 1 aromatic rings. The lowest BCUT2D eigenvalue weighted by molar-refractivity contribution is -0.122. The fourth-order valence-corrected chi connectivity index (χ4v) is 2.50. The predicted octanol–water partition coefficient (Wildman–Crippen LogP) is 1.44. The fraction of sp³-hybridized carbons (Fsp3) is 0.643. The lowest BCUT2D eigenvalue weighted by atomic mass is 9.96. The molecule has 1 aliphatic heterocycles. The first kappa shape index (κ1) is 13.8. The Hall–Kier alpha value is -1.65. The highest BCUT2D eigenvalue weighted by molar-refractivity contribution is 5.76. The number of rotatable bonds is 4. The number of aryl methyl sites for hydroxylation is 2. The SMILES string of the molecule is CCCc1nc(C)cc(N2CCC(C(N)=O)CC2)n1. The lowest BCUT2D eigenvalue weighted by Gasteiger charge is -2.31. The number of hydrogen-bond acceptors (Lipinski definition) is 4. The summed E-state index contributed by atoms with van der Waals surface area (Å²) in [4.78, 5) is 22.5. The highest BCUT2D eigenvalue weighted by Crippen LogP contribution is 2.22. The molecule has 1 amide bonds. The zero-order valence-electron chi connectivity index (χ0n) is 11.7. The van der Waals surface area contributed by atoms with Crippen LogP contribution in [0, 0.1) is 12.8 Å². The Kier molecular flexibility index (Phi) is 4.35. The number of primary amides is 1. The molecule has 0 bridgehead atoms. The maximum Gasteiger partial charge on any atom is 0.220 e. The first-order chi connectivity index (χ1) is 9.10. The molecule has 0 spiro atoms. The van der Waals surface area contributed by atoms with Crippen LogP contribution in [0.25, 0.3) is 0 Å². The van der Waals surface area contributed by atoms with Gasteiger partial charge in [0.25, 0.3) is 0 Å². The average molecular weight is 262 g/mol. The monoisotopic (exact) mass is 262 g/mol. The number of carbonyl (C=O) groups is 1. The molecule has 19 heavy (non-hydrogen) atoms. The number of nitrogens with zero attached hydrogens (tertiary/aromatic N) is 3. The maximum atomic E-state index is 11.2. The third-order valence-electron chi connectivity index (χ3n) is 3.58. The molecular weight excluding hydrogens is 240 g/mol. The highest BCUT2D eigenvalue weighted by Gasteiger charge is 2.24. The van der Waals surface area contributed by atoms with Crippen molar-refractivity contribution in [2.75, 3.05) is 18.0 Å². The van der Waals surface area contributed by atoms with Crippen LogP contribution in [0.4, 0.5) is 5.82 Å². The molecule has 0 unspecified atom stereocenters. The summed E-state index contributed by atoms with van der Waals surface area (Å²) in [7, 11) is 0. The first-order valence-corrected chi connectivity index (χ1v) is 6.99. The van der Waals surface area contributed by atoms with E-state index in [4.69, 9.17) is 5.73 Å². The molecule has 1 aliphatic rings. The van der Waals surface area contributed by atoms with Gasteiger partial charge in [-0.2, -0.15) is 0 Å². The van der Waals surface area contributed by atoms with Crippen LogP contribution < -0.4 is 10.6 Å². The summed E-state index contributed by atoms with van der Waals surface area (Å²) in [5.41, 5.74) is 6.36. The molecule has 1 fully saturated rings. The summed E-state index contributed by atoms with van der Waals surface area (Å²) in [5, 5.41) is 0. The Bertz CT molecular complexity index is 453. The van der Waals surface area contributed by atoms with Crippen LogP contribution in [0.15, 0.2) is 6.07 Å². The molecule has 0 saturated carbocycles. The fourth-order valence-electron chi connectivity index (χ4n) is 2.50. The number of piperidine rings is 1. The van der Waals surface area contributed by atoms with Crippen LogP contribution >= 0.6 is 0 Å². The van der Waals surface area contributed by atoms with Gasteiger partial charge in [-0.25, -0.2) is 9.97 Å². The third-order valence-corrected chi connectivity index (χ3v) is 3.58. The number of amides is 1. The minimum absolute atomic E-state index is 0.0225. The van der Waals surface area contributed by atoms with Crippen molar-refractivity contribution in [3.63, 3.8) is 0 Å². The largest absolute Gasteiger partial charge is 0.369 e. The van der Waals surface area contributed by atoms with Gasteiger partial charge in [0.15, 0.2) is 0 Å². The Labute approximate surface area is 114 Å². The number of anilines is 1. The molecule has 0 radical (unpaired) electrons. The zero-order valence-corrected chi connectivity index (χ0v) is 11.7. The molecule has 0 atom stereocenters. The van der Waals surface area contributed by atoms with E-state index in [-0.39, 0.29) is 11.8 Å². The van der Waals surface area contributed by atoms with E-state index in [1.165, 1.54) is 0 Å². The van der Waals surface area contributed by atoms with Gasteiger partial charge in [-0.1, -0.05) is 6.92 Å². The summed E-state index contributed by atoms with van der Waals surface area (Å²) in [6.45, 7) is 5.81. The van der Waals surface area contributed by atoms with E-state index in [0.29, 0.717) is 0 Å². The second-order valence-corrected chi connectivity index (χ2v) is 5.20. The molecule has 5 nitrogen and oxygen atoms in total. The van der Waals surface area contributed by atoms with Gasteiger partial charge in [0.1, 0.15) is 11.6 Å². The first-order valence-electron chi connectivity index (χ1n) is 6.99. The smallest absolute Gasteiger partial charge is 0.220 e. The van der Waals surface area contributed by atoms with Gasteiger partial charge < -0.3 is 10.6 Å². The standard InChI is InChI=1S/C14H22N4O/c1-3-4-12-16-10(2)9-13(17-12)18-7-5-11(6-8-18)14(15)19/h9,11H,3-8H2,1-2H3,(H2,15,19). The van der Waals surface area contributed by atoms with Gasteiger partial charge in [0, 0.05) is 37.2 Å². The third kappa shape index (κ3) is 3.43. The second kappa shape index (κ2) is 5.99. The number of carbonyl (C=O) groups excluding carboxylic acids is 1. The molecule has 1 saturated heterocycles. The van der Waals surface area contributed by atoms with E-state index in [0.717, 1.165) is 56.1 Å². The van der Waals surface area contributed by atoms with Crippen molar-refractivity contribution in [2.24, 2.45) is 11.7 Å². The van der Waals surface area contributed by atoms with E-state index in [1.54, 1.807) is 0 Å². The Morgan fingerprint density at radius 3 is 2.68 bits per heavy atom. The number of nitrogens with two attached hydrogens (primary N) is 1. The second-order valence-electron chi connectivity index (χ2n) is 5.20. The minimum atomic E-state index is -0.176. The van der Waals surface area contributed by atoms with Crippen molar-refractivity contribution in [1.29, 1.82) is 0 Å². The van der Waals surface area contributed by atoms with E-state index < -0.39 is 0 Å². The van der Waals surface area contributed by atoms with Crippen molar-refractivity contribution in [3.05, 3.63) is 17.6 Å². The lowest BCUT2D eigenvalue weighted by Crippen LogP contribution is -2.39. The van der Waals surface area contributed by atoms with Crippen LogP contribution in [-0.4, -0.2) is 29.0 Å². The molecule has 5 heteroatoms. The summed E-state index contributed by atoms with van der Waals surface area (Å²) in [6, 6.07) is 2.02. The van der Waals surface area contributed by atoms with Crippen LogP contribution in [0.1, 0.15) is 37.7 Å². The van der Waals surface area contributed by atoms with Gasteiger partial charge in [-0.05, 0) is 26.2 Å². The summed E-state index contributed by atoms with van der Waals surface area (Å²) in [5.74, 6) is 1.74. The summed E-state index contributed by atoms with van der Waals surface area (Å²) in [6.07, 6.45) is 3.60. The van der Waals surface area contributed by atoms with Crippen LogP contribution in [0.2, 0.25) is 0 Å².